The largest absolute Gasteiger partial charge is 0.493 e. The van der Waals surface area contributed by atoms with Gasteiger partial charge in [-0.25, -0.2) is 0 Å². The van der Waals surface area contributed by atoms with Crippen LogP contribution in [0.25, 0.3) is 0 Å². The lowest BCUT2D eigenvalue weighted by Gasteiger charge is -2.30. The topological polar surface area (TPSA) is 35.5 Å². The first kappa shape index (κ1) is 16.0. The molecule has 0 N–H and O–H groups in total. The van der Waals surface area contributed by atoms with Crippen molar-refractivity contribution in [2.45, 2.75) is 57.5 Å². The van der Waals surface area contributed by atoms with E-state index in [-0.39, 0.29) is 5.78 Å². The van der Waals surface area contributed by atoms with Gasteiger partial charge in [-0.1, -0.05) is 44.7 Å². The summed E-state index contributed by atoms with van der Waals surface area (Å²) in [6.07, 6.45) is 7.03. The number of para-hydroxylation sites is 1. The quantitative estimate of drug-likeness (QED) is 0.575. The molecule has 116 valence electrons. The maximum Gasteiger partial charge on any atom is 0.198 e. The van der Waals surface area contributed by atoms with Gasteiger partial charge in [-0.3, -0.25) is 4.79 Å². The summed E-state index contributed by atoms with van der Waals surface area (Å²) < 4.78 is 11.5. The highest BCUT2D eigenvalue weighted by molar-refractivity contribution is 6.04. The number of ether oxygens (including phenoxy) is 2. The van der Waals surface area contributed by atoms with Crippen LogP contribution in [-0.2, 0) is 4.74 Å². The Bertz CT molecular complexity index is 459. The van der Waals surface area contributed by atoms with Gasteiger partial charge in [0.2, 0.25) is 0 Å². The number of ketones is 1. The number of hydrogen-bond acceptors (Lipinski definition) is 3. The highest BCUT2D eigenvalue weighted by Gasteiger charge is 2.40. The van der Waals surface area contributed by atoms with Crippen LogP contribution in [0.15, 0.2) is 24.3 Å². The smallest absolute Gasteiger partial charge is 0.198 e. The van der Waals surface area contributed by atoms with Crippen molar-refractivity contribution in [2.24, 2.45) is 0 Å². The molecule has 1 aliphatic carbocycles. The Labute approximate surface area is 127 Å². The zero-order valence-corrected chi connectivity index (χ0v) is 13.2. The molecule has 0 aliphatic heterocycles. The lowest BCUT2D eigenvalue weighted by atomic mass is 9.85. The minimum atomic E-state index is -0.665. The summed E-state index contributed by atoms with van der Waals surface area (Å²) in [5, 5.41) is 0. The number of carbonyl (C=O) groups excluding carboxylic acids is 1. The van der Waals surface area contributed by atoms with E-state index in [4.69, 9.17) is 9.47 Å². The number of rotatable bonds is 6. The predicted octanol–water partition coefficient (Wildman–Crippen LogP) is 4.40. The first-order chi connectivity index (χ1) is 10.2. The monoisotopic (exact) mass is 290 g/mol. The van der Waals surface area contributed by atoms with Crippen molar-refractivity contribution in [3.8, 4) is 5.75 Å². The highest BCUT2D eigenvalue weighted by atomic mass is 16.5. The minimum absolute atomic E-state index is 0.0820. The molecule has 0 radical (unpaired) electrons. The number of methoxy groups -OCH3 is 1. The average Bonchev–Trinajstić information content (AvgIpc) is 2.79. The number of benzene rings is 1. The summed E-state index contributed by atoms with van der Waals surface area (Å²) in [6, 6.07) is 7.54. The molecule has 3 heteroatoms. The Morgan fingerprint density at radius 3 is 2.43 bits per heavy atom. The molecule has 2 rings (SSSR count). The van der Waals surface area contributed by atoms with Gasteiger partial charge in [0.1, 0.15) is 11.4 Å². The third kappa shape index (κ3) is 3.65. The lowest BCUT2D eigenvalue weighted by Crippen LogP contribution is -2.40. The fourth-order valence-electron chi connectivity index (χ4n) is 3.06. The van der Waals surface area contributed by atoms with Gasteiger partial charge >= 0.3 is 0 Å². The van der Waals surface area contributed by atoms with Crippen LogP contribution >= 0.6 is 0 Å². The van der Waals surface area contributed by atoms with Crippen LogP contribution in [0.3, 0.4) is 0 Å². The maximum absolute atomic E-state index is 13.1. The van der Waals surface area contributed by atoms with Crippen LogP contribution in [-0.4, -0.2) is 25.1 Å². The van der Waals surface area contributed by atoms with E-state index >= 15 is 0 Å². The van der Waals surface area contributed by atoms with Crippen LogP contribution < -0.4 is 4.74 Å². The van der Waals surface area contributed by atoms with Crippen LogP contribution in [0.1, 0.15) is 62.2 Å². The summed E-state index contributed by atoms with van der Waals surface area (Å²) >= 11 is 0. The summed E-state index contributed by atoms with van der Waals surface area (Å²) in [4.78, 5) is 13.1. The van der Waals surface area contributed by atoms with Gasteiger partial charge in [0, 0.05) is 7.11 Å². The Morgan fingerprint density at radius 1 is 1.14 bits per heavy atom. The Hall–Kier alpha value is -1.35. The van der Waals surface area contributed by atoms with Gasteiger partial charge in [-0.2, -0.15) is 0 Å². The van der Waals surface area contributed by atoms with Crippen molar-refractivity contribution in [3.05, 3.63) is 29.8 Å². The molecule has 0 bridgehead atoms. The van der Waals surface area contributed by atoms with Crippen LogP contribution in [0.2, 0.25) is 0 Å². The van der Waals surface area contributed by atoms with Crippen molar-refractivity contribution >= 4 is 5.78 Å². The van der Waals surface area contributed by atoms with Crippen molar-refractivity contribution in [1.82, 2.24) is 0 Å². The van der Waals surface area contributed by atoms with Gasteiger partial charge in [0.05, 0.1) is 12.2 Å². The third-order valence-electron chi connectivity index (χ3n) is 4.31. The second kappa shape index (κ2) is 7.60. The molecular formula is C18H26O3. The Balaban J connectivity index is 2.28. The van der Waals surface area contributed by atoms with E-state index in [2.05, 4.69) is 6.92 Å². The molecule has 21 heavy (non-hydrogen) atoms. The molecule has 3 nitrogen and oxygen atoms in total. The summed E-state index contributed by atoms with van der Waals surface area (Å²) in [5.74, 6) is 0.767. The van der Waals surface area contributed by atoms with Gasteiger partial charge in [-0.15, -0.1) is 0 Å². The Kier molecular flexibility index (Phi) is 5.80. The van der Waals surface area contributed by atoms with E-state index in [0.29, 0.717) is 17.9 Å². The molecule has 0 spiro atoms. The molecule has 0 unspecified atom stereocenters. The summed E-state index contributed by atoms with van der Waals surface area (Å²) in [7, 11) is 1.67. The van der Waals surface area contributed by atoms with E-state index in [1.807, 2.05) is 24.3 Å². The predicted molar refractivity (Wildman–Crippen MR) is 84.0 cm³/mol. The molecular weight excluding hydrogens is 264 g/mol. The molecule has 1 aromatic carbocycles. The number of Topliss-reactive ketones (excluding diaryl/α,β-unsaturated/α-hetero) is 1. The normalized spacial score (nSPS) is 18.0. The second-order valence-corrected chi connectivity index (χ2v) is 5.79. The molecule has 0 heterocycles. The maximum atomic E-state index is 13.1. The van der Waals surface area contributed by atoms with Crippen molar-refractivity contribution in [3.63, 3.8) is 0 Å². The van der Waals surface area contributed by atoms with E-state index in [1.54, 1.807) is 7.11 Å². The summed E-state index contributed by atoms with van der Waals surface area (Å²) in [6.45, 7) is 2.69. The van der Waals surface area contributed by atoms with Crippen LogP contribution in [0.4, 0.5) is 0 Å². The van der Waals surface area contributed by atoms with E-state index in [0.717, 1.165) is 32.1 Å². The molecule has 0 amide bonds. The number of hydrogen-bond donors (Lipinski definition) is 0. The molecule has 1 aliphatic rings. The third-order valence-corrected chi connectivity index (χ3v) is 4.31. The standard InChI is InChI=1S/C18H26O3/c1-3-14-21-16-11-7-6-10-15(16)17(19)18(20-2)12-8-4-5-9-13-18/h6-7,10-11H,3-5,8-9,12-14H2,1-2H3. The average molecular weight is 290 g/mol. The molecule has 0 atom stereocenters. The fraction of sp³-hybridized carbons (Fsp3) is 0.611. The first-order valence-electron chi connectivity index (χ1n) is 8.05. The molecule has 1 aromatic rings. The SMILES string of the molecule is CCCOc1ccccc1C(=O)C1(OC)CCCCCC1. The molecule has 0 saturated heterocycles. The van der Waals surface area contributed by atoms with E-state index < -0.39 is 5.60 Å². The van der Waals surface area contributed by atoms with Crippen molar-refractivity contribution in [2.75, 3.05) is 13.7 Å². The number of carbonyl (C=O) groups is 1. The molecule has 0 aromatic heterocycles. The van der Waals surface area contributed by atoms with Crippen LogP contribution in [0, 0.1) is 0 Å². The van der Waals surface area contributed by atoms with Crippen molar-refractivity contribution < 1.29 is 14.3 Å². The van der Waals surface area contributed by atoms with Gasteiger partial charge in [0.25, 0.3) is 0 Å². The van der Waals surface area contributed by atoms with Gasteiger partial charge < -0.3 is 9.47 Å². The lowest BCUT2D eigenvalue weighted by molar-refractivity contribution is -0.00715. The summed E-state index contributed by atoms with van der Waals surface area (Å²) in [5.41, 5.74) is -0.00275. The molecule has 1 fully saturated rings. The second-order valence-electron chi connectivity index (χ2n) is 5.79. The fourth-order valence-corrected chi connectivity index (χ4v) is 3.06. The zero-order valence-electron chi connectivity index (χ0n) is 13.2. The Morgan fingerprint density at radius 2 is 1.81 bits per heavy atom. The highest BCUT2D eigenvalue weighted by Crippen LogP contribution is 2.35. The van der Waals surface area contributed by atoms with Gasteiger partial charge in [0.15, 0.2) is 5.78 Å². The van der Waals surface area contributed by atoms with E-state index in [1.165, 1.54) is 12.8 Å². The van der Waals surface area contributed by atoms with E-state index in [9.17, 15) is 4.79 Å². The van der Waals surface area contributed by atoms with Crippen LogP contribution in [0.5, 0.6) is 5.75 Å². The van der Waals surface area contributed by atoms with Gasteiger partial charge in [-0.05, 0) is 31.4 Å². The molecule has 1 saturated carbocycles. The minimum Gasteiger partial charge on any atom is -0.493 e. The first-order valence-corrected chi connectivity index (χ1v) is 8.05. The van der Waals surface area contributed by atoms with Crippen molar-refractivity contribution in [1.29, 1.82) is 0 Å². The zero-order chi connectivity index (χ0) is 15.1.